The lowest BCUT2D eigenvalue weighted by molar-refractivity contribution is -0.0287. The number of aliphatic hydroxyl groups is 1. The fourth-order valence-electron chi connectivity index (χ4n) is 2.62. The van der Waals surface area contributed by atoms with Crippen molar-refractivity contribution in [1.29, 1.82) is 0 Å². The van der Waals surface area contributed by atoms with E-state index in [0.717, 1.165) is 36.9 Å². The molecule has 114 valence electrons. The van der Waals surface area contributed by atoms with Crippen LogP contribution in [0.25, 0.3) is 11.4 Å². The minimum Gasteiger partial charge on any atom is -0.380 e. The third kappa shape index (κ3) is 2.75. The van der Waals surface area contributed by atoms with Crippen molar-refractivity contribution >= 4 is 21.2 Å². The van der Waals surface area contributed by atoms with E-state index < -0.39 is 15.4 Å². The highest BCUT2D eigenvalue weighted by Crippen LogP contribution is 2.37. The predicted molar refractivity (Wildman–Crippen MR) is 77.7 cm³/mol. The average Bonchev–Trinajstić information content (AvgIpc) is 3.08. The lowest BCUT2D eigenvalue weighted by atomic mass is 9.85. The summed E-state index contributed by atoms with van der Waals surface area (Å²) in [5.41, 5.74) is -0.651. The molecule has 1 aliphatic carbocycles. The summed E-state index contributed by atoms with van der Waals surface area (Å²) in [6.07, 6.45) is 5.26. The zero-order valence-electron chi connectivity index (χ0n) is 11.6. The minimum atomic E-state index is -3.33. The first kappa shape index (κ1) is 14.7. The molecular formula is C13H16N2O4S2. The molecule has 6 nitrogen and oxygen atoms in total. The summed E-state index contributed by atoms with van der Waals surface area (Å²) >= 11 is 1.12. The quantitative estimate of drug-likeness (QED) is 0.929. The number of aromatic nitrogens is 2. The van der Waals surface area contributed by atoms with Gasteiger partial charge in [-0.3, -0.25) is 0 Å². The summed E-state index contributed by atoms with van der Waals surface area (Å²) in [7, 11) is -3.33. The van der Waals surface area contributed by atoms with E-state index in [1.54, 1.807) is 11.4 Å². The van der Waals surface area contributed by atoms with E-state index in [1.165, 1.54) is 0 Å². The summed E-state index contributed by atoms with van der Waals surface area (Å²) in [5.74, 6) is 0.397. The largest absolute Gasteiger partial charge is 0.380 e. The summed E-state index contributed by atoms with van der Waals surface area (Å²) in [4.78, 5) is 4.24. The monoisotopic (exact) mass is 328 g/mol. The third-order valence-corrected chi connectivity index (χ3v) is 6.51. The molecular weight excluding hydrogens is 312 g/mol. The highest BCUT2D eigenvalue weighted by atomic mass is 32.2. The van der Waals surface area contributed by atoms with Gasteiger partial charge >= 0.3 is 0 Å². The van der Waals surface area contributed by atoms with Gasteiger partial charge in [-0.1, -0.05) is 24.4 Å². The Balaban J connectivity index is 1.98. The molecule has 3 rings (SSSR count). The van der Waals surface area contributed by atoms with Crippen molar-refractivity contribution in [1.82, 2.24) is 10.1 Å². The fraction of sp³-hybridized carbons (Fsp3) is 0.538. The molecule has 0 aromatic carbocycles. The molecule has 0 saturated heterocycles. The second kappa shape index (κ2) is 5.19. The molecule has 0 unspecified atom stereocenters. The van der Waals surface area contributed by atoms with Crippen LogP contribution in [0.2, 0.25) is 0 Å². The standard InChI is InChI=1S/C13H16N2O4S2/c1-21(17,18)11-9(5-8-20-11)10-14-12(19-15-10)13(16)6-3-2-4-7-13/h5,8,16H,2-4,6-7H2,1H3. The third-order valence-electron chi connectivity index (χ3n) is 3.71. The van der Waals surface area contributed by atoms with E-state index >= 15 is 0 Å². The van der Waals surface area contributed by atoms with Crippen LogP contribution in [-0.4, -0.2) is 29.9 Å². The van der Waals surface area contributed by atoms with Crippen LogP contribution in [0.1, 0.15) is 38.0 Å². The lowest BCUT2D eigenvalue weighted by Gasteiger charge is -2.27. The molecule has 2 heterocycles. The molecule has 0 amide bonds. The minimum absolute atomic E-state index is 0.183. The molecule has 0 atom stereocenters. The van der Waals surface area contributed by atoms with Gasteiger partial charge in [-0.05, 0) is 24.3 Å². The Morgan fingerprint density at radius 2 is 2.05 bits per heavy atom. The zero-order valence-corrected chi connectivity index (χ0v) is 13.2. The zero-order chi connectivity index (χ0) is 15.1. The van der Waals surface area contributed by atoms with E-state index in [1.807, 2.05) is 0 Å². The Kier molecular flexibility index (Phi) is 3.62. The highest BCUT2D eigenvalue weighted by molar-refractivity contribution is 7.92. The first-order valence-corrected chi connectivity index (χ1v) is 9.52. The Morgan fingerprint density at radius 1 is 1.33 bits per heavy atom. The molecule has 0 bridgehead atoms. The average molecular weight is 328 g/mol. The number of rotatable bonds is 3. The lowest BCUT2D eigenvalue weighted by Crippen LogP contribution is -2.28. The molecule has 2 aromatic heterocycles. The van der Waals surface area contributed by atoms with Crippen molar-refractivity contribution in [3.05, 3.63) is 17.3 Å². The molecule has 8 heteroatoms. The second-order valence-corrected chi connectivity index (χ2v) is 8.54. The van der Waals surface area contributed by atoms with Crippen LogP contribution in [-0.2, 0) is 15.4 Å². The summed E-state index contributed by atoms with van der Waals surface area (Å²) in [6.45, 7) is 0. The van der Waals surface area contributed by atoms with Gasteiger partial charge in [0.15, 0.2) is 9.84 Å². The number of nitrogens with zero attached hydrogens (tertiary/aromatic N) is 2. The van der Waals surface area contributed by atoms with E-state index in [0.29, 0.717) is 18.4 Å². The van der Waals surface area contributed by atoms with Crippen LogP contribution in [0.15, 0.2) is 20.2 Å². The van der Waals surface area contributed by atoms with Crippen LogP contribution in [0, 0.1) is 0 Å². The van der Waals surface area contributed by atoms with Crippen LogP contribution < -0.4 is 0 Å². The summed E-state index contributed by atoms with van der Waals surface area (Å²) < 4.78 is 28.9. The van der Waals surface area contributed by atoms with Crippen LogP contribution in [0.4, 0.5) is 0 Å². The number of sulfone groups is 1. The van der Waals surface area contributed by atoms with Gasteiger partial charge in [-0.2, -0.15) is 4.98 Å². The maximum absolute atomic E-state index is 11.7. The number of hydrogen-bond acceptors (Lipinski definition) is 7. The smallest absolute Gasteiger partial charge is 0.258 e. The summed E-state index contributed by atoms with van der Waals surface area (Å²) in [5, 5.41) is 16.1. The molecule has 0 radical (unpaired) electrons. The van der Waals surface area contributed by atoms with Crippen molar-refractivity contribution < 1.29 is 18.0 Å². The molecule has 0 aliphatic heterocycles. The maximum Gasteiger partial charge on any atom is 0.258 e. The molecule has 2 aromatic rings. The Morgan fingerprint density at radius 3 is 2.71 bits per heavy atom. The highest BCUT2D eigenvalue weighted by Gasteiger charge is 2.37. The molecule has 1 N–H and O–H groups in total. The topological polar surface area (TPSA) is 93.3 Å². The first-order valence-electron chi connectivity index (χ1n) is 6.75. The van der Waals surface area contributed by atoms with E-state index in [4.69, 9.17) is 4.52 Å². The van der Waals surface area contributed by atoms with E-state index in [-0.39, 0.29) is 15.9 Å². The molecule has 1 saturated carbocycles. The second-order valence-electron chi connectivity index (χ2n) is 5.41. The van der Waals surface area contributed by atoms with Gasteiger partial charge in [0.1, 0.15) is 9.81 Å². The van der Waals surface area contributed by atoms with Crippen LogP contribution in [0.5, 0.6) is 0 Å². The van der Waals surface area contributed by atoms with Gasteiger partial charge in [0.05, 0.1) is 5.56 Å². The summed E-state index contributed by atoms with van der Waals surface area (Å²) in [6, 6.07) is 1.65. The van der Waals surface area contributed by atoms with E-state index in [2.05, 4.69) is 10.1 Å². The number of thiophene rings is 1. The van der Waals surface area contributed by atoms with Crippen molar-refractivity contribution in [3.63, 3.8) is 0 Å². The van der Waals surface area contributed by atoms with Gasteiger partial charge in [-0.25, -0.2) is 8.42 Å². The Hall–Kier alpha value is -1.25. The van der Waals surface area contributed by atoms with Gasteiger partial charge in [0.25, 0.3) is 5.89 Å². The van der Waals surface area contributed by atoms with Crippen LogP contribution >= 0.6 is 11.3 Å². The molecule has 1 aliphatic rings. The van der Waals surface area contributed by atoms with Crippen molar-refractivity contribution in [2.24, 2.45) is 0 Å². The molecule has 21 heavy (non-hydrogen) atoms. The fourth-order valence-corrected chi connectivity index (χ4v) is 4.66. The first-order chi connectivity index (χ1) is 9.90. The normalized spacial score (nSPS) is 18.8. The molecule has 0 spiro atoms. The van der Waals surface area contributed by atoms with Crippen molar-refractivity contribution in [2.75, 3.05) is 6.26 Å². The van der Waals surface area contributed by atoms with Crippen molar-refractivity contribution in [3.8, 4) is 11.4 Å². The number of hydrogen-bond donors (Lipinski definition) is 1. The Bertz CT molecular complexity index is 742. The van der Waals surface area contributed by atoms with Gasteiger partial charge in [0, 0.05) is 6.26 Å². The van der Waals surface area contributed by atoms with Gasteiger partial charge < -0.3 is 9.63 Å². The maximum atomic E-state index is 11.7. The van der Waals surface area contributed by atoms with Crippen LogP contribution in [0.3, 0.4) is 0 Å². The SMILES string of the molecule is CS(=O)(=O)c1sccc1-c1noc(C2(O)CCCCC2)n1. The molecule has 1 fully saturated rings. The Labute approximate surface area is 126 Å². The van der Waals surface area contributed by atoms with E-state index in [9.17, 15) is 13.5 Å². The van der Waals surface area contributed by atoms with Gasteiger partial charge in [-0.15, -0.1) is 11.3 Å². The van der Waals surface area contributed by atoms with Crippen molar-refractivity contribution in [2.45, 2.75) is 41.9 Å². The predicted octanol–water partition coefficient (Wildman–Crippen LogP) is 2.35. The van der Waals surface area contributed by atoms with Gasteiger partial charge in [0.2, 0.25) is 5.82 Å².